The van der Waals surface area contributed by atoms with E-state index in [0.29, 0.717) is 19.3 Å². The Balaban J connectivity index is 4.26. The van der Waals surface area contributed by atoms with Crippen LogP contribution < -0.4 is 0 Å². The molecule has 0 heterocycles. The first-order chi connectivity index (χ1) is 38.5. The topological polar surface area (TPSA) is 78.9 Å². The van der Waals surface area contributed by atoms with Gasteiger partial charge in [0.15, 0.2) is 6.10 Å². The summed E-state index contributed by atoms with van der Waals surface area (Å²) in [6.45, 7) is 6.47. The number of allylic oxidation sites excluding steroid dienone is 14. The van der Waals surface area contributed by atoms with Crippen molar-refractivity contribution >= 4 is 17.9 Å². The molecule has 0 bridgehead atoms. The Kier molecular flexibility index (Phi) is 63.2. The number of hydrogen-bond donors (Lipinski definition) is 0. The summed E-state index contributed by atoms with van der Waals surface area (Å²) in [7, 11) is 0. The van der Waals surface area contributed by atoms with Crippen LogP contribution in [-0.4, -0.2) is 37.2 Å². The molecule has 0 aliphatic carbocycles. The molecule has 0 saturated heterocycles. The molecule has 450 valence electrons. The molecule has 6 nitrogen and oxygen atoms in total. The van der Waals surface area contributed by atoms with Crippen molar-refractivity contribution in [3.63, 3.8) is 0 Å². The third-order valence-corrected chi connectivity index (χ3v) is 14.6. The van der Waals surface area contributed by atoms with Gasteiger partial charge in [-0.1, -0.05) is 318 Å². The molecule has 1 unspecified atom stereocenters. The molecule has 0 aliphatic rings. The van der Waals surface area contributed by atoms with E-state index in [4.69, 9.17) is 14.2 Å². The van der Waals surface area contributed by atoms with Gasteiger partial charge in [-0.15, -0.1) is 0 Å². The van der Waals surface area contributed by atoms with E-state index in [2.05, 4.69) is 99.8 Å². The highest BCUT2D eigenvalue weighted by Crippen LogP contribution is 2.18. The van der Waals surface area contributed by atoms with Crippen molar-refractivity contribution in [1.82, 2.24) is 0 Å². The number of rotatable bonds is 61. The number of carbonyl (C=O) groups excluding carboxylic acids is 3. The maximum atomic E-state index is 12.9. The number of unbranched alkanes of at least 4 members (excludes halogenated alkanes) is 36. The zero-order valence-corrected chi connectivity index (χ0v) is 51.7. The molecule has 78 heavy (non-hydrogen) atoms. The maximum absolute atomic E-state index is 12.9. The van der Waals surface area contributed by atoms with Crippen LogP contribution in [0.25, 0.3) is 0 Å². The van der Waals surface area contributed by atoms with Crippen LogP contribution in [0, 0.1) is 0 Å². The molecule has 1 atom stereocenters. The molecule has 0 aromatic carbocycles. The van der Waals surface area contributed by atoms with E-state index >= 15 is 0 Å². The fourth-order valence-corrected chi connectivity index (χ4v) is 9.64. The standard InChI is InChI=1S/C72H126O6/c1-4-7-10-13-16-19-22-25-27-29-31-32-33-34-35-36-37-38-39-40-42-43-45-47-50-53-56-59-62-65-71(74)77-68-69(67-76-70(73)64-61-58-55-52-49-24-21-18-15-12-9-6-3)78-72(75)66-63-60-57-54-51-48-46-44-41-30-28-26-23-20-17-14-11-8-5-2/h8,11,17-18,20-21,26,28,41,44,48,51,57,60,69H,4-7,9-10,12-16,19,22-25,27,29-40,42-43,45-47,49-50,52-56,58-59,61-68H2,1-3H3/b11-8-,20-17-,21-18-,28-26-,44-41-,51-48-,60-57-. The molecule has 0 fully saturated rings. The summed E-state index contributed by atoms with van der Waals surface area (Å²) in [6, 6.07) is 0. The van der Waals surface area contributed by atoms with Crippen LogP contribution in [0.5, 0.6) is 0 Å². The van der Waals surface area contributed by atoms with Crippen LogP contribution in [0.3, 0.4) is 0 Å². The monoisotopic (exact) mass is 1090 g/mol. The predicted molar refractivity (Wildman–Crippen MR) is 339 cm³/mol. The average Bonchev–Trinajstić information content (AvgIpc) is 3.44. The lowest BCUT2D eigenvalue weighted by atomic mass is 10.0. The summed E-state index contributed by atoms with van der Waals surface area (Å²) >= 11 is 0. The smallest absolute Gasteiger partial charge is 0.306 e. The van der Waals surface area contributed by atoms with E-state index in [1.54, 1.807) is 0 Å². The first kappa shape index (κ1) is 74.6. The normalized spacial score (nSPS) is 12.6. The zero-order chi connectivity index (χ0) is 56.4. The molecular formula is C72H126O6. The minimum absolute atomic E-state index is 0.107. The molecule has 0 amide bonds. The summed E-state index contributed by atoms with van der Waals surface area (Å²) in [5, 5.41) is 0. The maximum Gasteiger partial charge on any atom is 0.306 e. The molecule has 0 N–H and O–H groups in total. The molecule has 0 aromatic rings. The fraction of sp³-hybridized carbons (Fsp3) is 0.764. The van der Waals surface area contributed by atoms with Crippen LogP contribution in [0.4, 0.5) is 0 Å². The quantitative estimate of drug-likeness (QED) is 0.0261. The van der Waals surface area contributed by atoms with Gasteiger partial charge in [0, 0.05) is 19.3 Å². The van der Waals surface area contributed by atoms with Gasteiger partial charge in [-0.25, -0.2) is 0 Å². The van der Waals surface area contributed by atoms with Crippen LogP contribution >= 0.6 is 0 Å². The molecule has 0 saturated carbocycles. The minimum atomic E-state index is -0.820. The summed E-state index contributed by atoms with van der Waals surface area (Å²) in [4.78, 5) is 38.2. The van der Waals surface area contributed by atoms with Crippen LogP contribution in [-0.2, 0) is 28.6 Å². The van der Waals surface area contributed by atoms with Gasteiger partial charge >= 0.3 is 17.9 Å². The largest absolute Gasteiger partial charge is 0.462 e. The Morgan fingerprint density at radius 2 is 0.526 bits per heavy atom. The highest BCUT2D eigenvalue weighted by molar-refractivity contribution is 5.71. The van der Waals surface area contributed by atoms with E-state index < -0.39 is 12.1 Å². The molecule has 0 spiro atoms. The van der Waals surface area contributed by atoms with Crippen molar-refractivity contribution in [3.8, 4) is 0 Å². The molecule has 0 radical (unpaired) electrons. The van der Waals surface area contributed by atoms with Gasteiger partial charge in [-0.2, -0.15) is 0 Å². The van der Waals surface area contributed by atoms with E-state index in [0.717, 1.165) is 89.9 Å². The Hall–Kier alpha value is -3.41. The molecule has 0 aromatic heterocycles. The Bertz CT molecular complexity index is 1480. The lowest BCUT2D eigenvalue weighted by Gasteiger charge is -2.18. The summed E-state index contributed by atoms with van der Waals surface area (Å²) < 4.78 is 16.8. The first-order valence-corrected chi connectivity index (χ1v) is 33.6. The molecule has 0 rings (SSSR count). The van der Waals surface area contributed by atoms with Gasteiger partial charge in [0.2, 0.25) is 0 Å². The van der Waals surface area contributed by atoms with E-state index in [-0.39, 0.29) is 31.6 Å². The van der Waals surface area contributed by atoms with E-state index in [1.165, 1.54) is 199 Å². The summed E-state index contributed by atoms with van der Waals surface area (Å²) in [5.74, 6) is -0.989. The van der Waals surface area contributed by atoms with Gasteiger partial charge in [0.25, 0.3) is 0 Å². The minimum Gasteiger partial charge on any atom is -0.462 e. The van der Waals surface area contributed by atoms with Crippen molar-refractivity contribution in [2.75, 3.05) is 13.2 Å². The van der Waals surface area contributed by atoms with Crippen molar-refractivity contribution in [2.24, 2.45) is 0 Å². The SMILES string of the molecule is CC/C=C\C/C=C\C/C=C\C/C=C\C/C=C\C/C=C\CCC(=O)OC(COC(=O)CCCCCCC/C=C\CCCCC)COC(=O)CCCCCCCCCCCCCCCCCCCCCCCCCCCCCCC. The third kappa shape index (κ3) is 63.4. The van der Waals surface area contributed by atoms with Gasteiger partial charge in [-0.3, -0.25) is 14.4 Å². The highest BCUT2D eigenvalue weighted by atomic mass is 16.6. The molecule has 6 heteroatoms. The van der Waals surface area contributed by atoms with Gasteiger partial charge in [0.1, 0.15) is 13.2 Å². The average molecular weight is 1090 g/mol. The predicted octanol–water partition coefficient (Wildman–Crippen LogP) is 23.1. The second kappa shape index (κ2) is 66.1. The highest BCUT2D eigenvalue weighted by Gasteiger charge is 2.19. The van der Waals surface area contributed by atoms with Crippen molar-refractivity contribution in [3.05, 3.63) is 85.1 Å². The number of ether oxygens (including phenoxy) is 3. The second-order valence-electron chi connectivity index (χ2n) is 22.4. The van der Waals surface area contributed by atoms with E-state index in [9.17, 15) is 14.4 Å². The van der Waals surface area contributed by atoms with Crippen LogP contribution in [0.1, 0.15) is 335 Å². The van der Waals surface area contributed by atoms with Crippen LogP contribution in [0.15, 0.2) is 85.1 Å². The summed E-state index contributed by atoms with van der Waals surface area (Å²) in [6.07, 6.45) is 87.8. The van der Waals surface area contributed by atoms with E-state index in [1.807, 2.05) is 6.08 Å². The fourth-order valence-electron chi connectivity index (χ4n) is 9.64. The molecular weight excluding hydrogens is 961 g/mol. The second-order valence-corrected chi connectivity index (χ2v) is 22.4. The van der Waals surface area contributed by atoms with Crippen molar-refractivity contribution in [1.29, 1.82) is 0 Å². The van der Waals surface area contributed by atoms with Crippen molar-refractivity contribution < 1.29 is 28.6 Å². The molecule has 0 aliphatic heterocycles. The number of hydrogen-bond acceptors (Lipinski definition) is 6. The van der Waals surface area contributed by atoms with Crippen LogP contribution in [0.2, 0.25) is 0 Å². The Labute approximate surface area is 484 Å². The summed E-state index contributed by atoms with van der Waals surface area (Å²) in [5.41, 5.74) is 0. The van der Waals surface area contributed by atoms with Crippen molar-refractivity contribution in [2.45, 2.75) is 341 Å². The van der Waals surface area contributed by atoms with Gasteiger partial charge in [-0.05, 0) is 83.5 Å². The Morgan fingerprint density at radius 1 is 0.269 bits per heavy atom. The number of esters is 3. The van der Waals surface area contributed by atoms with Gasteiger partial charge < -0.3 is 14.2 Å². The zero-order valence-electron chi connectivity index (χ0n) is 51.7. The lowest BCUT2D eigenvalue weighted by Crippen LogP contribution is -2.30. The Morgan fingerprint density at radius 3 is 0.859 bits per heavy atom. The third-order valence-electron chi connectivity index (χ3n) is 14.6. The lowest BCUT2D eigenvalue weighted by molar-refractivity contribution is -0.166. The first-order valence-electron chi connectivity index (χ1n) is 33.6. The van der Waals surface area contributed by atoms with Gasteiger partial charge in [0.05, 0.1) is 0 Å². The number of carbonyl (C=O) groups is 3.